The van der Waals surface area contributed by atoms with Gasteiger partial charge < -0.3 is 25.3 Å². The van der Waals surface area contributed by atoms with Gasteiger partial charge in [-0.1, -0.05) is 23.8 Å². The van der Waals surface area contributed by atoms with Crippen LogP contribution in [0.4, 0.5) is 10.1 Å². The first-order chi connectivity index (χ1) is 13.7. The fraction of sp³-hybridized carbons (Fsp3) is 0.450. The predicted molar refractivity (Wildman–Crippen MR) is 112 cm³/mol. The van der Waals surface area contributed by atoms with Crippen molar-refractivity contribution in [2.45, 2.75) is 45.3 Å². The van der Waals surface area contributed by atoms with E-state index in [0.29, 0.717) is 6.10 Å². The quantitative estimate of drug-likeness (QED) is 0.546. The zero-order valence-electron chi connectivity index (χ0n) is 17.2. The largest absolute Gasteiger partial charge is 0.382 e. The maximum atomic E-state index is 13.0. The third kappa shape index (κ3) is 15.3. The van der Waals surface area contributed by atoms with Crippen molar-refractivity contribution in [3.63, 3.8) is 0 Å². The molecule has 0 fully saturated rings. The third-order valence-electron chi connectivity index (χ3n) is 3.24. The van der Waals surface area contributed by atoms with E-state index >= 15 is 0 Å². The van der Waals surface area contributed by atoms with Crippen LogP contribution < -0.4 is 11.1 Å². The number of hydrogen-bond acceptors (Lipinski definition) is 5. The topological polar surface area (TPSA) is 108 Å². The van der Waals surface area contributed by atoms with Crippen LogP contribution in [0.2, 0.25) is 5.02 Å². The van der Waals surface area contributed by atoms with Crippen LogP contribution in [-0.2, 0) is 23.9 Å². The Morgan fingerprint density at radius 2 is 1.66 bits per heavy atom. The molecule has 7 nitrogen and oxygen atoms in total. The Kier molecular flexibility index (Phi) is 17.7. The molecule has 1 atom stereocenters. The number of anilines is 1. The van der Waals surface area contributed by atoms with Gasteiger partial charge in [-0.3, -0.25) is 9.59 Å². The molecule has 1 aliphatic carbocycles. The van der Waals surface area contributed by atoms with Crippen molar-refractivity contribution in [1.82, 2.24) is 0 Å². The minimum atomic E-state index is -1.43. The van der Waals surface area contributed by atoms with E-state index in [4.69, 9.17) is 26.9 Å². The summed E-state index contributed by atoms with van der Waals surface area (Å²) < 4.78 is 22.3. The number of allylic oxidation sites excluding steroid dienone is 2. The fourth-order valence-electron chi connectivity index (χ4n) is 1.78. The summed E-state index contributed by atoms with van der Waals surface area (Å²) in [6.45, 7) is 6.00. The highest BCUT2D eigenvalue weighted by molar-refractivity contribution is 6.31. The van der Waals surface area contributed by atoms with Gasteiger partial charge in [0.2, 0.25) is 6.10 Å². The highest BCUT2D eigenvalue weighted by Crippen LogP contribution is 2.18. The Labute approximate surface area is 176 Å². The predicted octanol–water partition coefficient (Wildman–Crippen LogP) is 3.50. The van der Waals surface area contributed by atoms with Crippen molar-refractivity contribution in [3.05, 3.63) is 41.2 Å². The SMILES string of the molecule is C1=CCCC1.C=O.COC(C(N)=O)C(=O)Nc1cc(F)cc(Cl)c1.COC(C)C. The monoisotopic (exact) mass is 432 g/mol. The number of benzene rings is 1. The Morgan fingerprint density at radius 1 is 1.14 bits per heavy atom. The second-order valence-corrected chi connectivity index (χ2v) is 6.29. The van der Waals surface area contributed by atoms with Gasteiger partial charge >= 0.3 is 0 Å². The number of rotatable bonds is 5. The van der Waals surface area contributed by atoms with Crippen molar-refractivity contribution in [3.8, 4) is 0 Å². The van der Waals surface area contributed by atoms with Crippen LogP contribution in [0.25, 0.3) is 0 Å². The summed E-state index contributed by atoms with van der Waals surface area (Å²) in [5.74, 6) is -2.34. The number of ether oxygens (including phenoxy) is 2. The number of nitrogens with two attached hydrogens (primary N) is 1. The lowest BCUT2D eigenvalue weighted by atomic mass is 10.2. The first kappa shape index (κ1) is 28.9. The Bertz CT molecular complexity index is 615. The molecule has 0 saturated carbocycles. The molecule has 0 saturated heterocycles. The number of methoxy groups -OCH3 is 2. The lowest BCUT2D eigenvalue weighted by Gasteiger charge is -2.12. The van der Waals surface area contributed by atoms with Gasteiger partial charge in [0.15, 0.2) is 0 Å². The van der Waals surface area contributed by atoms with Crippen molar-refractivity contribution in [2.75, 3.05) is 19.5 Å². The summed E-state index contributed by atoms with van der Waals surface area (Å²) >= 11 is 5.60. The summed E-state index contributed by atoms with van der Waals surface area (Å²) in [5.41, 5.74) is 5.05. The molecular formula is C20H30ClFN2O5. The number of primary amides is 1. The number of carbonyl (C=O) groups is 3. The van der Waals surface area contributed by atoms with Crippen LogP contribution in [0.15, 0.2) is 30.4 Å². The normalized spacial score (nSPS) is 12.4. The van der Waals surface area contributed by atoms with Gasteiger partial charge in [0, 0.05) is 24.9 Å². The van der Waals surface area contributed by atoms with Gasteiger partial charge in [-0.2, -0.15) is 0 Å². The molecule has 0 spiro atoms. The zero-order valence-corrected chi connectivity index (χ0v) is 18.0. The van der Waals surface area contributed by atoms with E-state index < -0.39 is 23.7 Å². The molecule has 0 radical (unpaired) electrons. The van der Waals surface area contributed by atoms with Crippen molar-refractivity contribution in [1.29, 1.82) is 0 Å². The standard InChI is InChI=1S/C10H10ClFN2O3.C5H8.C4H10O.CH2O/c1-17-8(9(13)15)10(16)14-7-3-5(11)2-6(12)4-7;1-2-4-5-3-1;1-4(2)5-3;1-2/h2-4,8H,1H3,(H2,13,15)(H,14,16);1-2H,3-5H2;4H,1-3H3;1H2. The van der Waals surface area contributed by atoms with E-state index in [1.54, 1.807) is 7.11 Å². The van der Waals surface area contributed by atoms with Crippen molar-refractivity contribution >= 4 is 35.9 Å². The second-order valence-electron chi connectivity index (χ2n) is 5.85. The number of nitrogens with one attached hydrogen (secondary N) is 1. The van der Waals surface area contributed by atoms with Gasteiger partial charge in [0.1, 0.15) is 12.6 Å². The molecule has 0 bridgehead atoms. The summed E-state index contributed by atoms with van der Waals surface area (Å²) in [7, 11) is 2.86. The molecule has 3 N–H and O–H groups in total. The average Bonchev–Trinajstić information content (AvgIpc) is 3.23. The maximum absolute atomic E-state index is 13.0. The Balaban J connectivity index is 0. The van der Waals surface area contributed by atoms with Crippen LogP contribution in [0.1, 0.15) is 33.1 Å². The summed E-state index contributed by atoms with van der Waals surface area (Å²) in [5, 5.41) is 2.39. The second kappa shape index (κ2) is 17.8. The van der Waals surface area contributed by atoms with Gasteiger partial charge in [-0.15, -0.1) is 0 Å². The van der Waals surface area contributed by atoms with Crippen LogP contribution in [0.5, 0.6) is 0 Å². The average molecular weight is 433 g/mol. The fourth-order valence-corrected chi connectivity index (χ4v) is 2.00. The smallest absolute Gasteiger partial charge is 0.263 e. The van der Waals surface area contributed by atoms with Gasteiger partial charge in [0.05, 0.1) is 6.10 Å². The van der Waals surface area contributed by atoms with Gasteiger partial charge in [-0.05, 0) is 51.3 Å². The van der Waals surface area contributed by atoms with E-state index in [1.165, 1.54) is 25.3 Å². The number of amides is 2. The van der Waals surface area contributed by atoms with E-state index in [-0.39, 0.29) is 10.7 Å². The molecule has 9 heteroatoms. The highest BCUT2D eigenvalue weighted by atomic mass is 35.5. The number of carbonyl (C=O) groups excluding carboxylic acids is 3. The summed E-state index contributed by atoms with van der Waals surface area (Å²) in [4.78, 5) is 30.3. The third-order valence-corrected chi connectivity index (χ3v) is 3.46. The van der Waals surface area contributed by atoms with E-state index in [0.717, 1.165) is 19.2 Å². The molecular weight excluding hydrogens is 403 g/mol. The Morgan fingerprint density at radius 3 is 1.97 bits per heavy atom. The molecule has 1 aliphatic rings. The van der Waals surface area contributed by atoms with Crippen LogP contribution in [0.3, 0.4) is 0 Å². The van der Waals surface area contributed by atoms with E-state index in [1.807, 2.05) is 20.6 Å². The molecule has 1 aromatic carbocycles. The zero-order chi connectivity index (χ0) is 22.8. The van der Waals surface area contributed by atoms with Crippen molar-refractivity contribution < 1.29 is 28.2 Å². The first-order valence-corrected chi connectivity index (χ1v) is 9.14. The van der Waals surface area contributed by atoms with Gasteiger partial charge in [0.25, 0.3) is 11.8 Å². The number of hydrogen-bond donors (Lipinski definition) is 2. The molecule has 2 amide bonds. The molecule has 0 aliphatic heterocycles. The molecule has 0 aromatic heterocycles. The molecule has 0 heterocycles. The van der Waals surface area contributed by atoms with Crippen LogP contribution in [-0.4, -0.2) is 45.0 Å². The van der Waals surface area contributed by atoms with Crippen molar-refractivity contribution in [2.24, 2.45) is 5.73 Å². The molecule has 1 aromatic rings. The first-order valence-electron chi connectivity index (χ1n) is 8.77. The van der Waals surface area contributed by atoms with Gasteiger partial charge in [-0.25, -0.2) is 4.39 Å². The van der Waals surface area contributed by atoms with Crippen LogP contribution >= 0.6 is 11.6 Å². The minimum Gasteiger partial charge on any atom is -0.382 e. The molecule has 29 heavy (non-hydrogen) atoms. The lowest BCUT2D eigenvalue weighted by Crippen LogP contribution is -2.40. The van der Waals surface area contributed by atoms with E-state index in [9.17, 15) is 14.0 Å². The summed E-state index contributed by atoms with van der Waals surface area (Å²) in [6, 6.07) is 3.47. The molecule has 164 valence electrons. The van der Waals surface area contributed by atoms with Crippen LogP contribution in [0, 0.1) is 5.82 Å². The summed E-state index contributed by atoms with van der Waals surface area (Å²) in [6.07, 6.45) is 7.45. The maximum Gasteiger partial charge on any atom is 0.263 e. The highest BCUT2D eigenvalue weighted by Gasteiger charge is 2.23. The molecule has 1 unspecified atom stereocenters. The van der Waals surface area contributed by atoms with E-state index in [2.05, 4.69) is 22.2 Å². The minimum absolute atomic E-state index is 0.114. The number of halogens is 2. The Hall–Kier alpha value is -2.29. The lowest BCUT2D eigenvalue weighted by molar-refractivity contribution is -0.138. The molecule has 2 rings (SSSR count).